The van der Waals surface area contributed by atoms with Crippen molar-refractivity contribution >= 4 is 6.09 Å². The van der Waals surface area contributed by atoms with E-state index in [4.69, 9.17) is 9.47 Å². The van der Waals surface area contributed by atoms with Crippen molar-refractivity contribution in [3.8, 4) is 5.75 Å². The third kappa shape index (κ3) is 4.31. The van der Waals surface area contributed by atoms with Crippen molar-refractivity contribution in [2.24, 2.45) is 0 Å². The number of likely N-dealkylation sites (tertiary alicyclic amines) is 1. The topological polar surface area (TPSA) is 59.0 Å². The lowest BCUT2D eigenvalue weighted by atomic mass is 10.0. The molecule has 1 N–H and O–H groups in total. The van der Waals surface area contributed by atoms with Crippen LogP contribution in [0.4, 0.5) is 4.79 Å². The van der Waals surface area contributed by atoms with E-state index >= 15 is 0 Å². The van der Waals surface area contributed by atoms with Crippen LogP contribution in [0.25, 0.3) is 0 Å². The van der Waals surface area contributed by atoms with Crippen LogP contribution in [-0.4, -0.2) is 41.9 Å². The first kappa shape index (κ1) is 17.3. The summed E-state index contributed by atoms with van der Waals surface area (Å²) in [4.78, 5) is 14.1. The first-order valence-corrected chi connectivity index (χ1v) is 8.44. The van der Waals surface area contributed by atoms with Gasteiger partial charge in [0, 0.05) is 6.04 Å². The van der Waals surface area contributed by atoms with Crippen molar-refractivity contribution in [1.29, 1.82) is 0 Å². The number of hydrogen-bond donors (Lipinski definition) is 1. The van der Waals surface area contributed by atoms with Crippen LogP contribution in [0.1, 0.15) is 17.5 Å². The Bertz CT molecular complexity index is 704. The maximum atomic E-state index is 12.5. The summed E-state index contributed by atoms with van der Waals surface area (Å²) in [7, 11) is 1.63. The van der Waals surface area contributed by atoms with E-state index in [1.807, 2.05) is 54.6 Å². The molecule has 0 bridgehead atoms. The molecule has 0 aromatic heterocycles. The van der Waals surface area contributed by atoms with Gasteiger partial charge < -0.3 is 19.5 Å². The number of hydrogen-bond acceptors (Lipinski definition) is 4. The molecule has 1 saturated heterocycles. The van der Waals surface area contributed by atoms with Crippen LogP contribution in [0.2, 0.25) is 0 Å². The van der Waals surface area contributed by atoms with Gasteiger partial charge in [0.2, 0.25) is 0 Å². The molecule has 2 aromatic rings. The quantitative estimate of drug-likeness (QED) is 0.908. The Balaban J connectivity index is 1.65. The average Bonchev–Trinajstić information content (AvgIpc) is 3.01. The SMILES string of the molecule is COc1ccccc1CC1CC(O)CN1C(=O)OCc1ccccc1. The highest BCUT2D eigenvalue weighted by molar-refractivity contribution is 5.68. The molecule has 2 atom stereocenters. The lowest BCUT2D eigenvalue weighted by Gasteiger charge is -2.24. The van der Waals surface area contributed by atoms with Crippen molar-refractivity contribution in [2.75, 3.05) is 13.7 Å². The molecule has 0 aliphatic carbocycles. The van der Waals surface area contributed by atoms with E-state index in [0.29, 0.717) is 19.4 Å². The first-order chi connectivity index (χ1) is 12.2. The Morgan fingerprint density at radius 1 is 1.16 bits per heavy atom. The number of amides is 1. The van der Waals surface area contributed by atoms with Crippen LogP contribution in [0.15, 0.2) is 54.6 Å². The number of ether oxygens (including phenoxy) is 2. The largest absolute Gasteiger partial charge is 0.496 e. The van der Waals surface area contributed by atoms with Gasteiger partial charge >= 0.3 is 6.09 Å². The minimum atomic E-state index is -0.524. The molecule has 5 heteroatoms. The lowest BCUT2D eigenvalue weighted by molar-refractivity contribution is 0.0876. The summed E-state index contributed by atoms with van der Waals surface area (Å²) in [6.07, 6.45) is 0.254. The number of carbonyl (C=O) groups excluding carboxylic acids is 1. The maximum absolute atomic E-state index is 12.5. The number of nitrogens with zero attached hydrogens (tertiary/aromatic N) is 1. The number of β-amino-alcohol motifs (C(OH)–C–C–N with tert-alkyl or cyclic N) is 1. The summed E-state index contributed by atoms with van der Waals surface area (Å²) in [5, 5.41) is 10.0. The number of rotatable bonds is 5. The average molecular weight is 341 g/mol. The number of para-hydroxylation sites is 1. The third-order valence-corrected chi connectivity index (χ3v) is 4.48. The molecule has 2 unspecified atom stereocenters. The predicted molar refractivity (Wildman–Crippen MR) is 94.4 cm³/mol. The number of methoxy groups -OCH3 is 1. The molecule has 1 fully saturated rings. The van der Waals surface area contributed by atoms with Crippen molar-refractivity contribution in [3.63, 3.8) is 0 Å². The van der Waals surface area contributed by atoms with Crippen LogP contribution in [0.3, 0.4) is 0 Å². The van der Waals surface area contributed by atoms with Crippen LogP contribution in [-0.2, 0) is 17.8 Å². The minimum absolute atomic E-state index is 0.102. The molecule has 3 rings (SSSR count). The summed E-state index contributed by atoms with van der Waals surface area (Å²) < 4.78 is 10.8. The Kier molecular flexibility index (Phi) is 5.56. The Morgan fingerprint density at radius 3 is 2.64 bits per heavy atom. The zero-order chi connectivity index (χ0) is 17.6. The summed E-state index contributed by atoms with van der Waals surface area (Å²) in [5.41, 5.74) is 1.96. The molecule has 132 valence electrons. The Labute approximate surface area is 147 Å². The second-order valence-electron chi connectivity index (χ2n) is 6.25. The minimum Gasteiger partial charge on any atom is -0.496 e. The fourth-order valence-electron chi connectivity index (χ4n) is 3.24. The van der Waals surface area contributed by atoms with E-state index in [1.165, 1.54) is 0 Å². The fraction of sp³-hybridized carbons (Fsp3) is 0.350. The standard InChI is InChI=1S/C20H23NO4/c1-24-19-10-6-5-9-16(19)11-17-12-18(22)13-21(17)20(23)25-14-15-7-3-2-4-8-15/h2-10,17-18,22H,11-14H2,1H3. The van der Waals surface area contributed by atoms with E-state index in [-0.39, 0.29) is 18.7 Å². The van der Waals surface area contributed by atoms with E-state index in [9.17, 15) is 9.90 Å². The molecule has 25 heavy (non-hydrogen) atoms. The van der Waals surface area contributed by atoms with E-state index in [1.54, 1.807) is 12.0 Å². The zero-order valence-electron chi connectivity index (χ0n) is 14.3. The van der Waals surface area contributed by atoms with Gasteiger partial charge in [0.15, 0.2) is 0 Å². The molecule has 1 amide bonds. The normalized spacial score (nSPS) is 19.7. The molecule has 5 nitrogen and oxygen atoms in total. The highest BCUT2D eigenvalue weighted by Crippen LogP contribution is 2.27. The van der Waals surface area contributed by atoms with E-state index in [2.05, 4.69) is 0 Å². The molecule has 0 radical (unpaired) electrons. The number of benzene rings is 2. The van der Waals surface area contributed by atoms with Crippen LogP contribution in [0, 0.1) is 0 Å². The van der Waals surface area contributed by atoms with Crippen molar-refractivity contribution < 1.29 is 19.4 Å². The van der Waals surface area contributed by atoms with Crippen LogP contribution in [0.5, 0.6) is 5.75 Å². The number of aliphatic hydroxyl groups is 1. The van der Waals surface area contributed by atoms with Gasteiger partial charge in [-0.25, -0.2) is 4.79 Å². The van der Waals surface area contributed by atoms with Gasteiger partial charge in [-0.15, -0.1) is 0 Å². The second kappa shape index (κ2) is 8.03. The molecule has 0 spiro atoms. The monoisotopic (exact) mass is 341 g/mol. The fourth-order valence-corrected chi connectivity index (χ4v) is 3.24. The predicted octanol–water partition coefficient (Wildman–Crippen LogP) is 3.01. The van der Waals surface area contributed by atoms with Gasteiger partial charge in [-0.1, -0.05) is 48.5 Å². The molecule has 2 aromatic carbocycles. The molecular formula is C20H23NO4. The van der Waals surface area contributed by atoms with Gasteiger partial charge in [0.1, 0.15) is 12.4 Å². The Morgan fingerprint density at radius 2 is 1.88 bits per heavy atom. The summed E-state index contributed by atoms with van der Waals surface area (Å²) in [5.74, 6) is 0.793. The smallest absolute Gasteiger partial charge is 0.410 e. The van der Waals surface area contributed by atoms with E-state index < -0.39 is 6.10 Å². The molecule has 1 aliphatic rings. The summed E-state index contributed by atoms with van der Waals surface area (Å²) >= 11 is 0. The second-order valence-corrected chi connectivity index (χ2v) is 6.25. The summed E-state index contributed by atoms with van der Waals surface area (Å²) in [6.45, 7) is 0.529. The molecular weight excluding hydrogens is 318 g/mol. The van der Waals surface area contributed by atoms with Crippen LogP contribution < -0.4 is 4.74 Å². The van der Waals surface area contributed by atoms with Gasteiger partial charge in [-0.3, -0.25) is 0 Å². The first-order valence-electron chi connectivity index (χ1n) is 8.44. The highest BCUT2D eigenvalue weighted by Gasteiger charge is 2.35. The van der Waals surface area contributed by atoms with Gasteiger partial charge in [0.25, 0.3) is 0 Å². The zero-order valence-corrected chi connectivity index (χ0v) is 14.3. The van der Waals surface area contributed by atoms with Gasteiger partial charge in [-0.2, -0.15) is 0 Å². The van der Waals surface area contributed by atoms with Crippen molar-refractivity contribution in [3.05, 3.63) is 65.7 Å². The van der Waals surface area contributed by atoms with Gasteiger partial charge in [-0.05, 0) is 30.0 Å². The van der Waals surface area contributed by atoms with Gasteiger partial charge in [0.05, 0.1) is 19.8 Å². The highest BCUT2D eigenvalue weighted by atomic mass is 16.6. The number of carbonyl (C=O) groups is 1. The Hall–Kier alpha value is -2.53. The number of aliphatic hydroxyl groups excluding tert-OH is 1. The third-order valence-electron chi connectivity index (χ3n) is 4.48. The summed E-state index contributed by atoms with van der Waals surface area (Å²) in [6, 6.07) is 17.2. The lowest BCUT2D eigenvalue weighted by Crippen LogP contribution is -2.37. The van der Waals surface area contributed by atoms with E-state index in [0.717, 1.165) is 16.9 Å². The molecule has 1 heterocycles. The maximum Gasteiger partial charge on any atom is 0.410 e. The molecule has 1 aliphatic heterocycles. The van der Waals surface area contributed by atoms with Crippen molar-refractivity contribution in [2.45, 2.75) is 31.6 Å². The van der Waals surface area contributed by atoms with Crippen molar-refractivity contribution in [1.82, 2.24) is 4.90 Å². The van der Waals surface area contributed by atoms with Crippen LogP contribution >= 0.6 is 0 Å². The molecule has 0 saturated carbocycles.